The van der Waals surface area contributed by atoms with Crippen LogP contribution < -0.4 is 5.32 Å². The quantitative estimate of drug-likeness (QED) is 0.872. The molecule has 0 saturated heterocycles. The number of aromatic nitrogens is 2. The first-order valence-corrected chi connectivity index (χ1v) is 7.08. The molecule has 1 N–H and O–H groups in total. The maximum atomic E-state index is 11.5. The van der Waals surface area contributed by atoms with Gasteiger partial charge in [0.1, 0.15) is 0 Å². The molecule has 5 nitrogen and oxygen atoms in total. The van der Waals surface area contributed by atoms with Crippen molar-refractivity contribution >= 4 is 11.9 Å². The van der Waals surface area contributed by atoms with Gasteiger partial charge in [0, 0.05) is 18.4 Å². The molecule has 1 aliphatic rings. The van der Waals surface area contributed by atoms with E-state index in [1.165, 1.54) is 23.5 Å². The molecule has 1 aromatic carbocycles. The van der Waals surface area contributed by atoms with Gasteiger partial charge < -0.3 is 10.1 Å². The van der Waals surface area contributed by atoms with Crippen molar-refractivity contribution in [3.8, 4) is 0 Å². The van der Waals surface area contributed by atoms with Crippen molar-refractivity contribution in [2.75, 3.05) is 11.9 Å². The van der Waals surface area contributed by atoms with Gasteiger partial charge in [0.25, 0.3) is 0 Å². The van der Waals surface area contributed by atoms with E-state index in [0.717, 1.165) is 12.8 Å². The summed E-state index contributed by atoms with van der Waals surface area (Å²) in [6.07, 6.45) is 4.93. The Morgan fingerprint density at radius 1 is 1.24 bits per heavy atom. The molecular formula is C16H17N3O2. The Bertz CT molecular complexity index is 615. The number of nitrogens with zero attached hydrogens (tertiary/aromatic N) is 2. The second-order valence-electron chi connectivity index (χ2n) is 5.03. The summed E-state index contributed by atoms with van der Waals surface area (Å²) < 4.78 is 4.90. The molecule has 108 valence electrons. The minimum Gasteiger partial charge on any atom is -0.462 e. The zero-order chi connectivity index (χ0) is 14.7. The normalized spacial score (nSPS) is 13.8. The van der Waals surface area contributed by atoms with Gasteiger partial charge >= 0.3 is 5.97 Å². The molecule has 3 rings (SSSR count). The van der Waals surface area contributed by atoms with E-state index in [2.05, 4.69) is 39.6 Å². The van der Waals surface area contributed by atoms with Crippen molar-refractivity contribution in [1.82, 2.24) is 9.97 Å². The fraction of sp³-hybridized carbons (Fsp3) is 0.312. The van der Waals surface area contributed by atoms with Crippen LogP contribution in [0.4, 0.5) is 5.95 Å². The molecule has 0 saturated carbocycles. The maximum Gasteiger partial charge on any atom is 0.341 e. The van der Waals surface area contributed by atoms with Crippen LogP contribution in [0, 0.1) is 0 Å². The number of nitrogens with one attached hydrogen (secondary N) is 1. The SMILES string of the molecule is CCOC(=O)c1cnc(NC2Cc3ccccc3C2)nc1. The zero-order valence-electron chi connectivity index (χ0n) is 11.9. The lowest BCUT2D eigenvalue weighted by molar-refractivity contribution is 0.0525. The monoisotopic (exact) mass is 283 g/mol. The highest BCUT2D eigenvalue weighted by Gasteiger charge is 2.21. The summed E-state index contributed by atoms with van der Waals surface area (Å²) in [5.74, 6) is 0.151. The molecule has 1 aromatic heterocycles. The van der Waals surface area contributed by atoms with Crippen molar-refractivity contribution in [2.24, 2.45) is 0 Å². The largest absolute Gasteiger partial charge is 0.462 e. The van der Waals surface area contributed by atoms with E-state index in [1.807, 2.05) is 0 Å². The van der Waals surface area contributed by atoms with Crippen molar-refractivity contribution < 1.29 is 9.53 Å². The van der Waals surface area contributed by atoms with Crippen LogP contribution in [0.25, 0.3) is 0 Å². The second-order valence-corrected chi connectivity index (χ2v) is 5.03. The molecule has 0 aliphatic heterocycles. The highest BCUT2D eigenvalue weighted by atomic mass is 16.5. The van der Waals surface area contributed by atoms with Crippen LogP contribution in [-0.4, -0.2) is 28.6 Å². The highest BCUT2D eigenvalue weighted by Crippen LogP contribution is 2.23. The number of esters is 1. The lowest BCUT2D eigenvalue weighted by Crippen LogP contribution is -2.21. The van der Waals surface area contributed by atoms with E-state index < -0.39 is 5.97 Å². The molecule has 0 atom stereocenters. The molecule has 0 radical (unpaired) electrons. The zero-order valence-corrected chi connectivity index (χ0v) is 11.9. The van der Waals surface area contributed by atoms with Gasteiger partial charge in [0.2, 0.25) is 5.95 Å². The Balaban J connectivity index is 1.63. The minimum absolute atomic E-state index is 0.302. The molecule has 0 unspecified atom stereocenters. The van der Waals surface area contributed by atoms with E-state index in [4.69, 9.17) is 4.74 Å². The number of carbonyl (C=O) groups excluding carboxylic acids is 1. The number of ether oxygens (including phenoxy) is 1. The summed E-state index contributed by atoms with van der Waals surface area (Å²) in [5, 5.41) is 3.31. The molecule has 2 aromatic rings. The predicted octanol–water partition coefficient (Wildman–Crippen LogP) is 2.23. The first-order chi connectivity index (χ1) is 10.3. The Morgan fingerprint density at radius 3 is 2.43 bits per heavy atom. The Kier molecular flexibility index (Phi) is 3.81. The first kappa shape index (κ1) is 13.5. The van der Waals surface area contributed by atoms with E-state index in [9.17, 15) is 4.79 Å². The average Bonchev–Trinajstić information content (AvgIpc) is 2.90. The first-order valence-electron chi connectivity index (χ1n) is 7.08. The Labute approximate surface area is 123 Å². The maximum absolute atomic E-state index is 11.5. The van der Waals surface area contributed by atoms with Gasteiger partial charge in [0.05, 0.1) is 12.2 Å². The van der Waals surface area contributed by atoms with Crippen molar-refractivity contribution in [2.45, 2.75) is 25.8 Å². The molecule has 1 aliphatic carbocycles. The van der Waals surface area contributed by atoms with Crippen LogP contribution in [0.5, 0.6) is 0 Å². The summed E-state index contributed by atoms with van der Waals surface area (Å²) in [6, 6.07) is 8.73. The standard InChI is InChI=1S/C16H17N3O2/c1-2-21-15(20)13-9-17-16(18-10-13)19-14-7-11-5-3-4-6-12(11)8-14/h3-6,9-10,14H,2,7-8H2,1H3,(H,17,18,19). The van der Waals surface area contributed by atoms with E-state index in [-0.39, 0.29) is 0 Å². The third-order valence-corrected chi connectivity index (χ3v) is 3.55. The summed E-state index contributed by atoms with van der Waals surface area (Å²) in [4.78, 5) is 19.9. The summed E-state index contributed by atoms with van der Waals surface area (Å²) >= 11 is 0. The van der Waals surface area contributed by atoms with Gasteiger partial charge in [-0.3, -0.25) is 0 Å². The van der Waals surface area contributed by atoms with E-state index >= 15 is 0 Å². The van der Waals surface area contributed by atoms with Gasteiger partial charge in [-0.05, 0) is 30.9 Å². The van der Waals surface area contributed by atoms with Crippen LogP contribution in [-0.2, 0) is 17.6 Å². The number of anilines is 1. The van der Waals surface area contributed by atoms with Crippen LogP contribution in [0.1, 0.15) is 28.4 Å². The molecule has 1 heterocycles. The molecular weight excluding hydrogens is 266 g/mol. The van der Waals surface area contributed by atoms with E-state index in [1.54, 1.807) is 6.92 Å². The molecule has 0 spiro atoms. The Hall–Kier alpha value is -2.43. The predicted molar refractivity (Wildman–Crippen MR) is 79.2 cm³/mol. The third kappa shape index (κ3) is 3.02. The van der Waals surface area contributed by atoms with Crippen LogP contribution in [0.3, 0.4) is 0 Å². The van der Waals surface area contributed by atoms with Gasteiger partial charge in [-0.1, -0.05) is 24.3 Å². The lowest BCUT2D eigenvalue weighted by Gasteiger charge is -2.11. The highest BCUT2D eigenvalue weighted by molar-refractivity contribution is 5.88. The molecule has 5 heteroatoms. The van der Waals surface area contributed by atoms with Gasteiger partial charge in [0.15, 0.2) is 0 Å². The summed E-state index contributed by atoms with van der Waals surface area (Å²) in [6.45, 7) is 2.12. The molecule has 0 fully saturated rings. The summed E-state index contributed by atoms with van der Waals surface area (Å²) in [7, 11) is 0. The van der Waals surface area contributed by atoms with Crippen LogP contribution in [0.2, 0.25) is 0 Å². The van der Waals surface area contributed by atoms with Gasteiger partial charge in [-0.2, -0.15) is 0 Å². The van der Waals surface area contributed by atoms with E-state index in [0.29, 0.717) is 24.2 Å². The third-order valence-electron chi connectivity index (χ3n) is 3.55. The fourth-order valence-corrected chi connectivity index (χ4v) is 2.57. The number of hydrogen-bond donors (Lipinski definition) is 1. The number of benzene rings is 1. The van der Waals surface area contributed by atoms with Crippen LogP contribution >= 0.6 is 0 Å². The van der Waals surface area contributed by atoms with Crippen LogP contribution in [0.15, 0.2) is 36.7 Å². The topological polar surface area (TPSA) is 64.1 Å². The summed E-state index contributed by atoms with van der Waals surface area (Å²) in [5.41, 5.74) is 3.12. The number of carbonyl (C=O) groups is 1. The molecule has 0 amide bonds. The molecule has 21 heavy (non-hydrogen) atoms. The van der Waals surface area contributed by atoms with Crippen molar-refractivity contribution in [3.63, 3.8) is 0 Å². The Morgan fingerprint density at radius 2 is 1.86 bits per heavy atom. The smallest absolute Gasteiger partial charge is 0.341 e. The number of hydrogen-bond acceptors (Lipinski definition) is 5. The number of rotatable bonds is 4. The number of fused-ring (bicyclic) bond motifs is 1. The minimum atomic E-state index is -0.391. The average molecular weight is 283 g/mol. The van der Waals surface area contributed by atoms with Crippen molar-refractivity contribution in [1.29, 1.82) is 0 Å². The lowest BCUT2D eigenvalue weighted by atomic mass is 10.1. The fourth-order valence-electron chi connectivity index (χ4n) is 2.57. The van der Waals surface area contributed by atoms with Gasteiger partial charge in [-0.25, -0.2) is 14.8 Å². The molecule has 0 bridgehead atoms. The second kappa shape index (κ2) is 5.91. The van der Waals surface area contributed by atoms with Crippen molar-refractivity contribution in [3.05, 3.63) is 53.3 Å². The van der Waals surface area contributed by atoms with Gasteiger partial charge in [-0.15, -0.1) is 0 Å².